The minimum atomic E-state index is -0.335. The van der Waals surface area contributed by atoms with Gasteiger partial charge in [-0.05, 0) is 34.9 Å². The Balaban J connectivity index is 1.67. The van der Waals surface area contributed by atoms with Crippen LogP contribution in [-0.2, 0) is 16.1 Å². The number of carbonyl (C=O) groups excluding carboxylic acids is 1. The van der Waals surface area contributed by atoms with Crippen molar-refractivity contribution in [2.24, 2.45) is 0 Å². The third-order valence-corrected chi connectivity index (χ3v) is 3.72. The van der Waals surface area contributed by atoms with E-state index in [0.717, 1.165) is 21.9 Å². The molecule has 0 radical (unpaired) electrons. The van der Waals surface area contributed by atoms with Crippen molar-refractivity contribution in [3.8, 4) is 0 Å². The van der Waals surface area contributed by atoms with Crippen molar-refractivity contribution in [1.82, 2.24) is 0 Å². The number of benzene rings is 3. The molecule has 0 atom stereocenters. The molecule has 0 aliphatic heterocycles. The normalized spacial score (nSPS) is 11.0. The molecule has 0 N–H and O–H groups in total. The Hall–Kier alpha value is -2.87. The van der Waals surface area contributed by atoms with E-state index < -0.39 is 0 Å². The summed E-state index contributed by atoms with van der Waals surface area (Å²) in [4.78, 5) is 11.9. The van der Waals surface area contributed by atoms with Gasteiger partial charge in [-0.1, -0.05) is 72.3 Å². The average molecular weight is 302 g/mol. The number of esters is 1. The van der Waals surface area contributed by atoms with Gasteiger partial charge in [0.1, 0.15) is 6.61 Å². The first kappa shape index (κ1) is 15.0. The number of carbonyl (C=O) groups is 1. The lowest BCUT2D eigenvalue weighted by atomic mass is 10.0. The Morgan fingerprint density at radius 2 is 1.70 bits per heavy atom. The monoisotopic (exact) mass is 302 g/mol. The molecular weight excluding hydrogens is 284 g/mol. The van der Waals surface area contributed by atoms with Crippen molar-refractivity contribution < 1.29 is 9.53 Å². The molecule has 0 unspecified atom stereocenters. The van der Waals surface area contributed by atoms with Crippen LogP contribution in [0.4, 0.5) is 0 Å². The standard InChI is InChI=1S/C21H18O2/c1-16-9-11-17(12-10-16)15-23-21(22)14-13-19-7-4-6-18-5-2-3-8-20(18)19/h2-14H,15H2,1H3. The number of fused-ring (bicyclic) bond motifs is 1. The van der Waals surface area contributed by atoms with E-state index in [1.165, 1.54) is 11.6 Å². The van der Waals surface area contributed by atoms with Crippen molar-refractivity contribution in [2.45, 2.75) is 13.5 Å². The topological polar surface area (TPSA) is 26.3 Å². The van der Waals surface area contributed by atoms with Crippen LogP contribution in [-0.4, -0.2) is 5.97 Å². The molecule has 0 spiro atoms. The van der Waals surface area contributed by atoms with Gasteiger partial charge in [-0.2, -0.15) is 0 Å². The summed E-state index contributed by atoms with van der Waals surface area (Å²) < 4.78 is 5.28. The summed E-state index contributed by atoms with van der Waals surface area (Å²) in [5.74, 6) is -0.335. The smallest absolute Gasteiger partial charge is 0.331 e. The molecule has 2 heteroatoms. The maximum atomic E-state index is 11.9. The van der Waals surface area contributed by atoms with E-state index >= 15 is 0 Å². The van der Waals surface area contributed by atoms with Gasteiger partial charge < -0.3 is 4.74 Å². The Bertz CT molecular complexity index is 840. The molecule has 0 bridgehead atoms. The molecule has 2 nitrogen and oxygen atoms in total. The molecule has 0 fully saturated rings. The molecule has 0 aliphatic carbocycles. The first-order valence-electron chi connectivity index (χ1n) is 7.60. The minimum absolute atomic E-state index is 0.291. The molecule has 0 heterocycles. The zero-order chi connectivity index (χ0) is 16.1. The van der Waals surface area contributed by atoms with Crippen LogP contribution in [0.5, 0.6) is 0 Å². The van der Waals surface area contributed by atoms with E-state index in [1.54, 1.807) is 6.08 Å². The zero-order valence-corrected chi connectivity index (χ0v) is 13.0. The second-order valence-electron chi connectivity index (χ2n) is 5.50. The van der Waals surface area contributed by atoms with Crippen molar-refractivity contribution in [3.63, 3.8) is 0 Å². The van der Waals surface area contributed by atoms with Crippen LogP contribution in [0.25, 0.3) is 16.8 Å². The van der Waals surface area contributed by atoms with Gasteiger partial charge in [0, 0.05) is 6.08 Å². The van der Waals surface area contributed by atoms with Gasteiger partial charge in [-0.15, -0.1) is 0 Å². The summed E-state index contributed by atoms with van der Waals surface area (Å²) in [5.41, 5.74) is 3.19. The Morgan fingerprint density at radius 3 is 2.52 bits per heavy atom. The SMILES string of the molecule is Cc1ccc(COC(=O)C=Cc2cccc3ccccc23)cc1. The van der Waals surface area contributed by atoms with Crippen molar-refractivity contribution in [1.29, 1.82) is 0 Å². The summed E-state index contributed by atoms with van der Waals surface area (Å²) >= 11 is 0. The Kier molecular flexibility index (Phi) is 4.53. The van der Waals surface area contributed by atoms with Gasteiger partial charge in [0.05, 0.1) is 0 Å². The van der Waals surface area contributed by atoms with E-state index in [2.05, 4.69) is 12.1 Å². The van der Waals surface area contributed by atoms with Gasteiger partial charge >= 0.3 is 5.97 Å². The van der Waals surface area contributed by atoms with Gasteiger partial charge in [-0.3, -0.25) is 0 Å². The molecule has 0 aliphatic rings. The highest BCUT2D eigenvalue weighted by atomic mass is 16.5. The quantitative estimate of drug-likeness (QED) is 0.506. The summed E-state index contributed by atoms with van der Waals surface area (Å²) in [6.07, 6.45) is 3.29. The van der Waals surface area contributed by atoms with Crippen molar-refractivity contribution >= 4 is 22.8 Å². The van der Waals surface area contributed by atoms with E-state index in [4.69, 9.17) is 4.74 Å². The van der Waals surface area contributed by atoms with Crippen molar-refractivity contribution in [2.75, 3.05) is 0 Å². The fourth-order valence-electron chi connectivity index (χ4n) is 2.44. The second-order valence-corrected chi connectivity index (χ2v) is 5.50. The molecule has 114 valence electrons. The van der Waals surface area contributed by atoms with Gasteiger partial charge in [-0.25, -0.2) is 4.79 Å². The van der Waals surface area contributed by atoms with E-state index in [9.17, 15) is 4.79 Å². The molecular formula is C21H18O2. The first-order valence-corrected chi connectivity index (χ1v) is 7.60. The highest BCUT2D eigenvalue weighted by Gasteiger charge is 2.01. The number of rotatable bonds is 4. The van der Waals surface area contributed by atoms with E-state index in [0.29, 0.717) is 6.61 Å². The number of hydrogen-bond acceptors (Lipinski definition) is 2. The molecule has 3 aromatic rings. The third-order valence-electron chi connectivity index (χ3n) is 3.72. The number of aryl methyl sites for hydroxylation is 1. The molecule has 0 aromatic heterocycles. The lowest BCUT2D eigenvalue weighted by Gasteiger charge is -2.03. The van der Waals surface area contributed by atoms with Crippen molar-refractivity contribution in [3.05, 3.63) is 89.5 Å². The fraction of sp³-hybridized carbons (Fsp3) is 0.0952. The maximum absolute atomic E-state index is 11.9. The van der Waals surface area contributed by atoms with Crippen LogP contribution in [0.3, 0.4) is 0 Å². The van der Waals surface area contributed by atoms with Crippen LogP contribution >= 0.6 is 0 Å². The summed E-state index contributed by atoms with van der Waals surface area (Å²) in [5, 5.41) is 2.28. The lowest BCUT2D eigenvalue weighted by Crippen LogP contribution is -2.00. The summed E-state index contributed by atoms with van der Waals surface area (Å²) in [7, 11) is 0. The lowest BCUT2D eigenvalue weighted by molar-refractivity contribution is -0.138. The fourth-order valence-corrected chi connectivity index (χ4v) is 2.44. The molecule has 3 rings (SSSR count). The number of ether oxygens (including phenoxy) is 1. The van der Waals surface area contributed by atoms with Gasteiger partial charge in [0.2, 0.25) is 0 Å². The van der Waals surface area contributed by atoms with Crippen LogP contribution in [0, 0.1) is 6.92 Å². The molecule has 0 saturated carbocycles. The largest absolute Gasteiger partial charge is 0.458 e. The highest BCUT2D eigenvalue weighted by Crippen LogP contribution is 2.19. The predicted octanol–water partition coefficient (Wildman–Crippen LogP) is 4.90. The zero-order valence-electron chi connectivity index (χ0n) is 13.0. The van der Waals surface area contributed by atoms with E-state index in [-0.39, 0.29) is 5.97 Å². The number of hydrogen-bond donors (Lipinski definition) is 0. The average Bonchev–Trinajstić information content (AvgIpc) is 2.59. The maximum Gasteiger partial charge on any atom is 0.331 e. The second kappa shape index (κ2) is 6.93. The molecule has 0 amide bonds. The highest BCUT2D eigenvalue weighted by molar-refractivity contribution is 5.94. The molecule has 23 heavy (non-hydrogen) atoms. The van der Waals surface area contributed by atoms with Gasteiger partial charge in [0.25, 0.3) is 0 Å². The Labute approximate surface area is 136 Å². The molecule has 0 saturated heterocycles. The van der Waals surface area contributed by atoms with Gasteiger partial charge in [0.15, 0.2) is 0 Å². The summed E-state index contributed by atoms with van der Waals surface area (Å²) in [6, 6.07) is 22.1. The predicted molar refractivity (Wildman–Crippen MR) is 94.0 cm³/mol. The van der Waals surface area contributed by atoms with Crippen LogP contribution in [0.15, 0.2) is 72.8 Å². The first-order chi connectivity index (χ1) is 11.2. The van der Waals surface area contributed by atoms with E-state index in [1.807, 2.05) is 61.5 Å². The third kappa shape index (κ3) is 3.86. The van der Waals surface area contributed by atoms with Crippen LogP contribution < -0.4 is 0 Å². The van der Waals surface area contributed by atoms with Crippen LogP contribution in [0.2, 0.25) is 0 Å². The summed E-state index contributed by atoms with van der Waals surface area (Å²) in [6.45, 7) is 2.32. The minimum Gasteiger partial charge on any atom is -0.458 e. The Morgan fingerprint density at radius 1 is 0.957 bits per heavy atom. The molecule has 3 aromatic carbocycles. The van der Waals surface area contributed by atoms with Crippen LogP contribution in [0.1, 0.15) is 16.7 Å².